The molecule has 0 radical (unpaired) electrons. The first kappa shape index (κ1) is 11.5. The molecule has 0 aliphatic heterocycles. The van der Waals surface area contributed by atoms with E-state index in [1.54, 1.807) is 6.07 Å². The van der Waals surface area contributed by atoms with Crippen LogP contribution in [-0.2, 0) is 6.42 Å². The van der Waals surface area contributed by atoms with Gasteiger partial charge in [0.05, 0.1) is 0 Å². The van der Waals surface area contributed by atoms with Gasteiger partial charge < -0.3 is 0 Å². The number of rotatable bonds is 4. The summed E-state index contributed by atoms with van der Waals surface area (Å²) in [5.74, 6) is -0.156. The van der Waals surface area contributed by atoms with Crippen LogP contribution in [-0.4, -0.2) is 5.38 Å². The van der Waals surface area contributed by atoms with Gasteiger partial charge in [-0.05, 0) is 56.4 Å². The zero-order valence-corrected chi connectivity index (χ0v) is 9.44. The number of aryl methyl sites for hydroxylation is 2. The predicted molar refractivity (Wildman–Crippen MR) is 59.4 cm³/mol. The highest BCUT2D eigenvalue weighted by Gasteiger charge is 2.01. The quantitative estimate of drug-likeness (QED) is 0.663. The van der Waals surface area contributed by atoms with Gasteiger partial charge in [-0.15, -0.1) is 11.6 Å². The summed E-state index contributed by atoms with van der Waals surface area (Å²) in [6, 6.07) is 4.97. The van der Waals surface area contributed by atoms with Crippen molar-refractivity contribution >= 4 is 11.6 Å². The molecule has 0 heterocycles. The fraction of sp³-hybridized carbons (Fsp3) is 0.500. The average Bonchev–Trinajstić information content (AvgIpc) is 2.08. The monoisotopic (exact) mass is 214 g/mol. The molecule has 78 valence electrons. The third-order valence-electron chi connectivity index (χ3n) is 2.35. The Morgan fingerprint density at radius 1 is 1.43 bits per heavy atom. The number of benzene rings is 1. The standard InChI is InChI=1S/C12H16ClF/c1-9-8-12(14)7-6-11(9)5-3-4-10(2)13/h6-8,10H,3-5H2,1-2H3. The lowest BCUT2D eigenvalue weighted by Crippen LogP contribution is -1.95. The highest BCUT2D eigenvalue weighted by molar-refractivity contribution is 6.20. The van der Waals surface area contributed by atoms with Crippen LogP contribution in [0.15, 0.2) is 18.2 Å². The molecule has 1 atom stereocenters. The Labute approximate surface area is 90.1 Å². The van der Waals surface area contributed by atoms with E-state index in [0.29, 0.717) is 0 Å². The second-order valence-corrected chi connectivity index (χ2v) is 4.49. The molecule has 1 aromatic rings. The van der Waals surface area contributed by atoms with Gasteiger partial charge >= 0.3 is 0 Å². The molecule has 0 N–H and O–H groups in total. The summed E-state index contributed by atoms with van der Waals surface area (Å²) in [7, 11) is 0. The zero-order chi connectivity index (χ0) is 10.6. The molecule has 0 aliphatic carbocycles. The molecular formula is C12H16ClF. The van der Waals surface area contributed by atoms with Crippen LogP contribution in [0.3, 0.4) is 0 Å². The third kappa shape index (κ3) is 3.67. The minimum Gasteiger partial charge on any atom is -0.207 e. The fourth-order valence-corrected chi connectivity index (χ4v) is 1.67. The van der Waals surface area contributed by atoms with Gasteiger partial charge in [0.1, 0.15) is 5.82 Å². The van der Waals surface area contributed by atoms with Crippen molar-refractivity contribution in [2.24, 2.45) is 0 Å². The fourth-order valence-electron chi connectivity index (χ4n) is 1.51. The molecule has 0 spiro atoms. The molecule has 0 amide bonds. The summed E-state index contributed by atoms with van der Waals surface area (Å²) in [6.45, 7) is 3.95. The van der Waals surface area contributed by atoms with E-state index in [4.69, 9.17) is 11.6 Å². The van der Waals surface area contributed by atoms with Gasteiger partial charge in [-0.1, -0.05) is 6.07 Å². The zero-order valence-electron chi connectivity index (χ0n) is 8.69. The number of hydrogen-bond acceptors (Lipinski definition) is 0. The van der Waals surface area contributed by atoms with Crippen LogP contribution in [0.2, 0.25) is 0 Å². The molecule has 0 aromatic heterocycles. The van der Waals surface area contributed by atoms with Crippen molar-refractivity contribution in [3.8, 4) is 0 Å². The minimum absolute atomic E-state index is 0.156. The van der Waals surface area contributed by atoms with E-state index in [1.807, 2.05) is 19.9 Å². The van der Waals surface area contributed by atoms with Gasteiger partial charge in [0.15, 0.2) is 0 Å². The van der Waals surface area contributed by atoms with E-state index in [2.05, 4.69) is 0 Å². The second kappa shape index (κ2) is 5.35. The second-order valence-electron chi connectivity index (χ2n) is 3.74. The van der Waals surface area contributed by atoms with Gasteiger partial charge in [-0.25, -0.2) is 4.39 Å². The van der Waals surface area contributed by atoms with Crippen LogP contribution < -0.4 is 0 Å². The Morgan fingerprint density at radius 2 is 2.14 bits per heavy atom. The molecule has 0 nitrogen and oxygen atoms in total. The number of alkyl halides is 1. The van der Waals surface area contributed by atoms with Crippen molar-refractivity contribution in [3.05, 3.63) is 35.1 Å². The van der Waals surface area contributed by atoms with Crippen molar-refractivity contribution < 1.29 is 4.39 Å². The van der Waals surface area contributed by atoms with Crippen molar-refractivity contribution in [2.45, 2.75) is 38.5 Å². The van der Waals surface area contributed by atoms with Crippen molar-refractivity contribution in [1.82, 2.24) is 0 Å². The Bertz CT molecular complexity index is 294. The third-order valence-corrected chi connectivity index (χ3v) is 2.57. The summed E-state index contributed by atoms with van der Waals surface area (Å²) < 4.78 is 12.8. The molecule has 1 aromatic carbocycles. The summed E-state index contributed by atoms with van der Waals surface area (Å²) in [6.07, 6.45) is 3.07. The normalized spacial score (nSPS) is 12.9. The molecule has 0 saturated heterocycles. The summed E-state index contributed by atoms with van der Waals surface area (Å²) in [5, 5.41) is 0.232. The van der Waals surface area contributed by atoms with Crippen molar-refractivity contribution in [3.63, 3.8) is 0 Å². The minimum atomic E-state index is -0.156. The summed E-state index contributed by atoms with van der Waals surface area (Å²) in [4.78, 5) is 0. The van der Waals surface area contributed by atoms with Gasteiger partial charge in [-0.3, -0.25) is 0 Å². The van der Waals surface area contributed by atoms with E-state index >= 15 is 0 Å². The largest absolute Gasteiger partial charge is 0.207 e. The Kier molecular flexibility index (Phi) is 4.40. The van der Waals surface area contributed by atoms with Gasteiger partial charge in [0.25, 0.3) is 0 Å². The van der Waals surface area contributed by atoms with E-state index in [-0.39, 0.29) is 11.2 Å². The average molecular weight is 215 g/mol. The van der Waals surface area contributed by atoms with Gasteiger partial charge in [-0.2, -0.15) is 0 Å². The maximum Gasteiger partial charge on any atom is 0.123 e. The summed E-state index contributed by atoms with van der Waals surface area (Å²) in [5.41, 5.74) is 2.26. The lowest BCUT2D eigenvalue weighted by molar-refractivity contribution is 0.624. The lowest BCUT2D eigenvalue weighted by atomic mass is 10.0. The highest BCUT2D eigenvalue weighted by atomic mass is 35.5. The van der Waals surface area contributed by atoms with Crippen LogP contribution in [0.25, 0.3) is 0 Å². The first-order valence-electron chi connectivity index (χ1n) is 4.98. The first-order valence-corrected chi connectivity index (χ1v) is 5.42. The van der Waals surface area contributed by atoms with E-state index in [1.165, 1.54) is 11.6 Å². The molecule has 2 heteroatoms. The number of halogens is 2. The molecule has 1 rings (SSSR count). The smallest absolute Gasteiger partial charge is 0.123 e. The SMILES string of the molecule is Cc1cc(F)ccc1CCCC(C)Cl. The Balaban J connectivity index is 2.51. The van der Waals surface area contributed by atoms with Gasteiger partial charge in [0, 0.05) is 5.38 Å². The molecule has 14 heavy (non-hydrogen) atoms. The lowest BCUT2D eigenvalue weighted by Gasteiger charge is -2.06. The topological polar surface area (TPSA) is 0 Å². The maximum atomic E-state index is 12.8. The van der Waals surface area contributed by atoms with Crippen LogP contribution in [0.1, 0.15) is 30.9 Å². The van der Waals surface area contributed by atoms with Gasteiger partial charge in [0.2, 0.25) is 0 Å². The molecule has 0 aliphatic rings. The highest BCUT2D eigenvalue weighted by Crippen LogP contribution is 2.14. The molecular weight excluding hydrogens is 199 g/mol. The Morgan fingerprint density at radius 3 is 2.71 bits per heavy atom. The molecule has 0 saturated carbocycles. The Hall–Kier alpha value is -0.560. The maximum absolute atomic E-state index is 12.8. The van der Waals surface area contributed by atoms with Crippen LogP contribution in [0.4, 0.5) is 4.39 Å². The van der Waals surface area contributed by atoms with Crippen LogP contribution in [0.5, 0.6) is 0 Å². The van der Waals surface area contributed by atoms with E-state index in [9.17, 15) is 4.39 Å². The summed E-state index contributed by atoms with van der Waals surface area (Å²) >= 11 is 5.85. The van der Waals surface area contributed by atoms with E-state index < -0.39 is 0 Å². The molecule has 0 bridgehead atoms. The van der Waals surface area contributed by atoms with Crippen LogP contribution in [0, 0.1) is 12.7 Å². The molecule has 1 unspecified atom stereocenters. The molecule has 0 fully saturated rings. The van der Waals surface area contributed by atoms with Crippen molar-refractivity contribution in [2.75, 3.05) is 0 Å². The predicted octanol–water partition coefficient (Wildman–Crippen LogP) is 4.08. The number of hydrogen-bond donors (Lipinski definition) is 0. The van der Waals surface area contributed by atoms with Crippen molar-refractivity contribution in [1.29, 1.82) is 0 Å². The van der Waals surface area contributed by atoms with E-state index in [0.717, 1.165) is 24.8 Å². The van der Waals surface area contributed by atoms with Crippen LogP contribution >= 0.6 is 11.6 Å². The first-order chi connectivity index (χ1) is 6.59.